The van der Waals surface area contributed by atoms with Crippen LogP contribution in [0.5, 0.6) is 0 Å². The van der Waals surface area contributed by atoms with Crippen LogP contribution in [-0.4, -0.2) is 121 Å². The van der Waals surface area contributed by atoms with Crippen molar-refractivity contribution in [1.82, 2.24) is 35.1 Å². The maximum atomic E-state index is 13.9. The van der Waals surface area contributed by atoms with E-state index < -0.39 is 92.9 Å². The van der Waals surface area contributed by atoms with Gasteiger partial charge in [-0.2, -0.15) is 13.1 Å². The summed E-state index contributed by atoms with van der Waals surface area (Å²) < 4.78 is 59.2. The van der Waals surface area contributed by atoms with E-state index in [-0.39, 0.29) is 26.6 Å². The zero-order valence-electron chi connectivity index (χ0n) is 37.5. The average Bonchev–Trinajstić information content (AvgIpc) is 3.88. The van der Waals surface area contributed by atoms with Gasteiger partial charge in [0.05, 0.1) is 24.3 Å². The molecule has 64 heavy (non-hydrogen) atoms. The molecule has 5 amide bonds. The number of rotatable bonds is 16. The minimum Gasteiger partial charge on any atom is -0.457 e. The van der Waals surface area contributed by atoms with Crippen LogP contribution in [0.15, 0.2) is 33.5 Å². The summed E-state index contributed by atoms with van der Waals surface area (Å²) in [6, 6.07) is -1.93. The van der Waals surface area contributed by atoms with Crippen LogP contribution in [0.4, 0.5) is 14.7 Å². The van der Waals surface area contributed by atoms with E-state index in [9.17, 15) is 41.7 Å². The van der Waals surface area contributed by atoms with Gasteiger partial charge >= 0.3 is 28.5 Å². The number of nitrogens with zero attached hydrogens (tertiary/aromatic N) is 6. The number of aromatic nitrogens is 4. The third-order valence-corrected chi connectivity index (χ3v) is 9.99. The second-order valence-electron chi connectivity index (χ2n) is 17.9. The molecule has 1 saturated heterocycles. The molecule has 0 aromatic carbocycles. The number of hydrogen-bond donors (Lipinski definition) is 5. The number of aryl methyl sites for hydroxylation is 2. The van der Waals surface area contributed by atoms with Crippen molar-refractivity contribution < 1.29 is 70.0 Å². The number of oxime groups is 1. The van der Waals surface area contributed by atoms with Crippen LogP contribution in [-0.2, 0) is 57.3 Å². The molecule has 4 rings (SSSR count). The Bertz CT molecular complexity index is 2380. The minimum atomic E-state index is -5.20. The second kappa shape index (κ2) is 19.3. The molecule has 4 heterocycles. The molecule has 2 atom stereocenters. The van der Waals surface area contributed by atoms with Gasteiger partial charge in [0.2, 0.25) is 17.6 Å². The molecular formula is C38H55N10O14S2+. The molecule has 26 heteroatoms. The van der Waals surface area contributed by atoms with Crippen molar-refractivity contribution in [2.45, 2.75) is 124 Å². The second-order valence-corrected chi connectivity index (χ2v) is 20.0. The van der Waals surface area contributed by atoms with Gasteiger partial charge < -0.3 is 39.5 Å². The van der Waals surface area contributed by atoms with Crippen molar-refractivity contribution in [1.29, 1.82) is 0 Å². The largest absolute Gasteiger partial charge is 0.457 e. The monoisotopic (exact) mass is 939 g/mol. The van der Waals surface area contributed by atoms with Gasteiger partial charge in [0.15, 0.2) is 17.9 Å². The highest BCUT2D eigenvalue weighted by molar-refractivity contribution is 7.84. The van der Waals surface area contributed by atoms with Gasteiger partial charge in [0, 0.05) is 24.5 Å². The van der Waals surface area contributed by atoms with Gasteiger partial charge in [-0.3, -0.25) is 24.3 Å². The maximum Gasteiger partial charge on any atom is 0.413 e. The summed E-state index contributed by atoms with van der Waals surface area (Å²) in [5.41, 5.74) is -4.18. The van der Waals surface area contributed by atoms with E-state index in [0.29, 0.717) is 25.1 Å². The molecule has 5 N–H and O–H groups in total. The van der Waals surface area contributed by atoms with Crippen LogP contribution in [0.1, 0.15) is 98.8 Å². The first-order chi connectivity index (χ1) is 29.3. The predicted octanol–water partition coefficient (Wildman–Crippen LogP) is 2.46. The lowest BCUT2D eigenvalue weighted by molar-refractivity contribution is -0.753. The highest BCUT2D eigenvalue weighted by Gasteiger charge is 2.54. The highest BCUT2D eigenvalue weighted by atomic mass is 32.2. The van der Waals surface area contributed by atoms with Crippen molar-refractivity contribution in [3.63, 3.8) is 0 Å². The van der Waals surface area contributed by atoms with Crippen LogP contribution in [0.2, 0.25) is 0 Å². The van der Waals surface area contributed by atoms with Crippen LogP contribution in [0, 0.1) is 0 Å². The number of thiazole rings is 1. The van der Waals surface area contributed by atoms with Gasteiger partial charge in [-0.25, -0.2) is 23.7 Å². The molecular weight excluding hydrogens is 885 g/mol. The fourth-order valence-electron chi connectivity index (χ4n) is 5.47. The summed E-state index contributed by atoms with van der Waals surface area (Å²) in [6.07, 6.45) is 2.64. The predicted molar refractivity (Wildman–Crippen MR) is 226 cm³/mol. The molecule has 0 unspecified atom stereocenters. The Hall–Kier alpha value is -6.15. The van der Waals surface area contributed by atoms with Crippen molar-refractivity contribution in [2.24, 2.45) is 12.2 Å². The molecule has 1 aliphatic heterocycles. The third-order valence-electron chi connectivity index (χ3n) is 8.28. The number of β-lactam (4-membered cyclic amide) rings is 1. The van der Waals surface area contributed by atoms with E-state index in [1.807, 2.05) is 4.68 Å². The van der Waals surface area contributed by atoms with Gasteiger partial charge in [-0.1, -0.05) is 10.3 Å². The van der Waals surface area contributed by atoms with Crippen molar-refractivity contribution in [3.05, 3.63) is 35.3 Å². The Kier molecular flexibility index (Phi) is 15.2. The van der Waals surface area contributed by atoms with Crippen molar-refractivity contribution >= 4 is 68.4 Å². The number of anilines is 1. The van der Waals surface area contributed by atoms with E-state index >= 15 is 0 Å². The molecule has 3 aromatic heterocycles. The van der Waals surface area contributed by atoms with E-state index in [2.05, 4.69) is 36.6 Å². The van der Waals surface area contributed by atoms with Crippen LogP contribution >= 0.6 is 11.3 Å². The van der Waals surface area contributed by atoms with Gasteiger partial charge in [-0.15, -0.1) is 16.0 Å². The summed E-state index contributed by atoms with van der Waals surface area (Å²) >= 11 is 0.859. The zero-order chi connectivity index (χ0) is 48.2. The van der Waals surface area contributed by atoms with Crippen molar-refractivity contribution in [3.8, 4) is 11.3 Å². The number of amides is 5. The standard InChI is InChI=1S/C38H54N10O14S2/c1-35(2,3)58-31(52)38(10,11)62-45-26(23-20-63-32(41-23)43-34(54)60-37(7,8)9)29(50)42-27-24(48(30(27)51)64(55,56)57)17-40-28(49)25-16-22(44-61-25)21-18-46(12)47(19-21)15-13-14-39-33(53)59-36(4,5)6/h16,18-20,24,27H,13-15,17H2,1-12H3,(H4-,39,40,41,42,43,49,50,53,54,55,56,57)/p+1/b45-26-/t24-,27+/m1/s1. The Morgan fingerprint density at radius 2 is 1.58 bits per heavy atom. The number of hydrogen-bond acceptors (Lipinski definition) is 17. The highest BCUT2D eigenvalue weighted by Crippen LogP contribution is 2.26. The quantitative estimate of drug-likeness (QED) is 0.0201. The lowest BCUT2D eigenvalue weighted by Gasteiger charge is -2.44. The molecule has 0 spiro atoms. The van der Waals surface area contributed by atoms with Crippen LogP contribution in [0.3, 0.4) is 0 Å². The molecule has 0 bridgehead atoms. The molecule has 3 aromatic rings. The first kappa shape index (κ1) is 50.5. The summed E-state index contributed by atoms with van der Waals surface area (Å²) in [6.45, 7) is 18.0. The topological polar surface area (TPSA) is 305 Å². The zero-order valence-corrected chi connectivity index (χ0v) is 39.2. The molecule has 352 valence electrons. The summed E-state index contributed by atoms with van der Waals surface area (Å²) in [5, 5.41) is 19.0. The SMILES string of the molecule is C[n+]1cc(-c2cc(C(=O)NC[C@@H]3[C@H](NC(=O)/C(=N\OC(C)(C)C(=O)OC(C)(C)C)c4csc(NC(=O)OC(C)(C)C)n4)C(=O)N3S(=O)(=O)O)on2)cn1CCCNC(=O)OC(C)(C)C. The Morgan fingerprint density at radius 1 is 0.953 bits per heavy atom. The molecule has 0 aliphatic carbocycles. The summed E-state index contributed by atoms with van der Waals surface area (Å²) in [7, 11) is -3.43. The fraction of sp³-hybridized carbons (Fsp3) is 0.579. The smallest absolute Gasteiger partial charge is 0.413 e. The van der Waals surface area contributed by atoms with Crippen molar-refractivity contribution in [2.75, 3.05) is 18.4 Å². The lowest BCUT2D eigenvalue weighted by atomic mass is 9.98. The van der Waals surface area contributed by atoms with Gasteiger partial charge in [0.25, 0.3) is 17.7 Å². The first-order valence-corrected chi connectivity index (χ1v) is 22.0. The van der Waals surface area contributed by atoms with E-state index in [1.165, 1.54) is 25.3 Å². The molecule has 1 aliphatic rings. The first-order valence-electron chi connectivity index (χ1n) is 19.7. The number of ether oxygens (including phenoxy) is 3. The number of alkyl carbamates (subject to hydrolysis) is 1. The van der Waals surface area contributed by atoms with Gasteiger partial charge in [-0.05, 0) is 82.6 Å². The average molecular weight is 940 g/mol. The van der Waals surface area contributed by atoms with Gasteiger partial charge in [0.1, 0.15) is 34.2 Å². The van der Waals surface area contributed by atoms with E-state index in [0.717, 1.165) is 11.3 Å². The minimum absolute atomic E-state index is 0.0410. The molecule has 0 radical (unpaired) electrons. The normalized spacial score (nSPS) is 16.0. The summed E-state index contributed by atoms with van der Waals surface area (Å²) in [5.74, 6) is -4.47. The number of carbonyl (C=O) groups excluding carboxylic acids is 6. The maximum absolute atomic E-state index is 13.9. The Labute approximate surface area is 373 Å². The number of nitrogens with one attached hydrogen (secondary N) is 4. The van der Waals surface area contributed by atoms with E-state index in [1.54, 1.807) is 86.4 Å². The number of esters is 1. The molecule has 24 nitrogen and oxygen atoms in total. The molecule has 0 saturated carbocycles. The van der Waals surface area contributed by atoms with Crippen LogP contribution < -0.4 is 25.9 Å². The Balaban J connectivity index is 1.49. The van der Waals surface area contributed by atoms with E-state index in [4.69, 9.17) is 23.6 Å². The Morgan fingerprint density at radius 3 is 2.19 bits per heavy atom. The summed E-state index contributed by atoms with van der Waals surface area (Å²) in [4.78, 5) is 87.2. The van der Waals surface area contributed by atoms with Crippen LogP contribution in [0.25, 0.3) is 11.3 Å². The molecule has 1 fully saturated rings. The lowest BCUT2D eigenvalue weighted by Crippen LogP contribution is -2.74. The third kappa shape index (κ3) is 14.2. The fourth-order valence-corrected chi connectivity index (χ4v) is 7.03. The number of carbonyl (C=O) groups is 6.